The second-order valence-corrected chi connectivity index (χ2v) is 10.2. The fourth-order valence-electron chi connectivity index (χ4n) is 4.67. The molecule has 5 rings (SSSR count). The largest absolute Gasteiger partial charge is 0.421 e. The molecule has 0 radical (unpaired) electrons. The zero-order valence-corrected chi connectivity index (χ0v) is 24.3. The van der Waals surface area contributed by atoms with Crippen LogP contribution in [-0.4, -0.2) is 55.3 Å². The number of halogens is 1. The maximum Gasteiger partial charge on any atom is 0.322 e. The highest BCUT2D eigenvalue weighted by molar-refractivity contribution is 6.12. The van der Waals surface area contributed by atoms with Crippen molar-refractivity contribution in [2.75, 3.05) is 25.1 Å². The summed E-state index contributed by atoms with van der Waals surface area (Å²) in [5.74, 6) is -1.24. The molecular formula is C31H29FN8O3. The van der Waals surface area contributed by atoms with E-state index < -0.39 is 5.82 Å². The molecule has 43 heavy (non-hydrogen) atoms. The first-order valence-electron chi connectivity index (χ1n) is 13.2. The standard InChI is InChI=1S/C31H29FN8O3/c1-16(2)29(41)38-19-8-9-20(21(14-19)30(42)39(4)5)26-24(25-27(33)35-15-36-28(25)40(26)6)18-7-10-23(22(32)13-18)43-31-34-12-11-17(3)37-31/h7-15H,1H2,2-6H3,(H,38,41)(H2,33,35,36). The zero-order chi connectivity index (χ0) is 31.0. The van der Waals surface area contributed by atoms with E-state index in [4.69, 9.17) is 10.5 Å². The van der Waals surface area contributed by atoms with Crippen molar-refractivity contribution in [1.29, 1.82) is 0 Å². The molecule has 0 saturated heterocycles. The van der Waals surface area contributed by atoms with E-state index in [9.17, 15) is 9.59 Å². The fourth-order valence-corrected chi connectivity index (χ4v) is 4.67. The van der Waals surface area contributed by atoms with E-state index in [0.29, 0.717) is 55.9 Å². The van der Waals surface area contributed by atoms with Crippen molar-refractivity contribution in [1.82, 2.24) is 29.4 Å². The summed E-state index contributed by atoms with van der Waals surface area (Å²) >= 11 is 0. The smallest absolute Gasteiger partial charge is 0.322 e. The van der Waals surface area contributed by atoms with Gasteiger partial charge in [0, 0.05) is 55.4 Å². The number of carbonyl (C=O) groups excluding carboxylic acids is 2. The van der Waals surface area contributed by atoms with Crippen LogP contribution in [-0.2, 0) is 11.8 Å². The minimum Gasteiger partial charge on any atom is -0.421 e. The van der Waals surface area contributed by atoms with Crippen LogP contribution < -0.4 is 15.8 Å². The van der Waals surface area contributed by atoms with Crippen LogP contribution >= 0.6 is 0 Å². The van der Waals surface area contributed by atoms with Gasteiger partial charge in [-0.2, -0.15) is 0 Å². The molecule has 3 heterocycles. The predicted molar refractivity (Wildman–Crippen MR) is 162 cm³/mol. The Balaban J connectivity index is 1.73. The number of ether oxygens (including phenoxy) is 1. The van der Waals surface area contributed by atoms with Crippen molar-refractivity contribution in [3.8, 4) is 34.1 Å². The summed E-state index contributed by atoms with van der Waals surface area (Å²) in [5, 5.41) is 3.24. The van der Waals surface area contributed by atoms with Crippen molar-refractivity contribution in [2.45, 2.75) is 13.8 Å². The van der Waals surface area contributed by atoms with Gasteiger partial charge in [-0.25, -0.2) is 24.3 Å². The van der Waals surface area contributed by atoms with Crippen molar-refractivity contribution in [3.63, 3.8) is 0 Å². The Morgan fingerprint density at radius 1 is 1.09 bits per heavy atom. The van der Waals surface area contributed by atoms with Gasteiger partial charge in [0.1, 0.15) is 17.8 Å². The molecule has 0 saturated carbocycles. The van der Waals surface area contributed by atoms with Gasteiger partial charge in [-0.15, -0.1) is 0 Å². The first-order valence-corrected chi connectivity index (χ1v) is 13.2. The third kappa shape index (κ3) is 5.49. The van der Waals surface area contributed by atoms with Crippen LogP contribution in [0.1, 0.15) is 23.0 Å². The van der Waals surface area contributed by atoms with Gasteiger partial charge in [-0.3, -0.25) is 9.59 Å². The second-order valence-electron chi connectivity index (χ2n) is 10.2. The average Bonchev–Trinajstić information content (AvgIpc) is 3.26. The van der Waals surface area contributed by atoms with Crippen LogP contribution in [0.5, 0.6) is 11.8 Å². The number of nitrogens with two attached hydrogens (primary N) is 1. The van der Waals surface area contributed by atoms with Gasteiger partial charge in [0.05, 0.1) is 16.6 Å². The van der Waals surface area contributed by atoms with E-state index in [1.165, 1.54) is 29.6 Å². The lowest BCUT2D eigenvalue weighted by molar-refractivity contribution is -0.112. The number of nitrogens with zero attached hydrogens (tertiary/aromatic N) is 6. The lowest BCUT2D eigenvalue weighted by Crippen LogP contribution is -2.23. The van der Waals surface area contributed by atoms with Gasteiger partial charge >= 0.3 is 6.01 Å². The highest BCUT2D eigenvalue weighted by Crippen LogP contribution is 2.44. The van der Waals surface area contributed by atoms with Crippen molar-refractivity contribution in [3.05, 3.63) is 84.2 Å². The molecule has 3 N–H and O–H groups in total. The number of aromatic nitrogens is 5. The SMILES string of the molecule is C=C(C)C(=O)Nc1ccc(-c2c(-c3ccc(Oc4nccc(C)n4)c(F)c3)c3c(N)ncnc3n2C)c(C(=O)N(C)C)c1. The Labute approximate surface area is 246 Å². The molecule has 0 atom stereocenters. The summed E-state index contributed by atoms with van der Waals surface area (Å²) in [6.07, 6.45) is 2.86. The quantitative estimate of drug-likeness (QED) is 0.253. The number of benzene rings is 2. The predicted octanol–water partition coefficient (Wildman–Crippen LogP) is 5.13. The van der Waals surface area contributed by atoms with Gasteiger partial charge in [-0.1, -0.05) is 12.6 Å². The Morgan fingerprint density at radius 3 is 2.53 bits per heavy atom. The number of amides is 2. The highest BCUT2D eigenvalue weighted by atomic mass is 19.1. The minimum absolute atomic E-state index is 0.0146. The molecule has 0 bridgehead atoms. The molecule has 0 aliphatic rings. The van der Waals surface area contributed by atoms with E-state index in [1.54, 1.807) is 69.9 Å². The van der Waals surface area contributed by atoms with Gasteiger partial charge in [0.25, 0.3) is 11.8 Å². The Kier molecular flexibility index (Phi) is 7.60. The Morgan fingerprint density at radius 2 is 1.86 bits per heavy atom. The number of fused-ring (bicyclic) bond motifs is 1. The van der Waals surface area contributed by atoms with E-state index >= 15 is 4.39 Å². The number of aryl methyl sites for hydroxylation is 2. The van der Waals surface area contributed by atoms with Crippen LogP contribution in [0.4, 0.5) is 15.9 Å². The average molecular weight is 581 g/mol. The van der Waals surface area contributed by atoms with Crippen molar-refractivity contribution < 1.29 is 18.7 Å². The van der Waals surface area contributed by atoms with Crippen LogP contribution in [0.25, 0.3) is 33.4 Å². The number of anilines is 2. The maximum absolute atomic E-state index is 15.6. The minimum atomic E-state index is -0.663. The molecule has 3 aromatic heterocycles. The number of carbonyl (C=O) groups is 2. The number of rotatable bonds is 7. The summed E-state index contributed by atoms with van der Waals surface area (Å²) in [6.45, 7) is 7.04. The third-order valence-corrected chi connectivity index (χ3v) is 6.75. The lowest BCUT2D eigenvalue weighted by Gasteiger charge is -2.18. The molecule has 5 aromatic rings. The zero-order valence-electron chi connectivity index (χ0n) is 24.3. The monoisotopic (exact) mass is 580 g/mol. The topological polar surface area (TPSA) is 141 Å². The molecule has 0 fully saturated rings. The van der Waals surface area contributed by atoms with E-state index in [1.807, 2.05) is 0 Å². The first kappa shape index (κ1) is 28.9. The molecule has 11 nitrogen and oxygen atoms in total. The van der Waals surface area contributed by atoms with Crippen LogP contribution in [0, 0.1) is 12.7 Å². The van der Waals surface area contributed by atoms with Crippen LogP contribution in [0.3, 0.4) is 0 Å². The number of hydrogen-bond acceptors (Lipinski definition) is 8. The summed E-state index contributed by atoms with van der Waals surface area (Å²) in [7, 11) is 5.03. The van der Waals surface area contributed by atoms with Crippen molar-refractivity contribution in [2.24, 2.45) is 7.05 Å². The van der Waals surface area contributed by atoms with Gasteiger partial charge < -0.3 is 25.3 Å². The van der Waals surface area contributed by atoms with Gasteiger partial charge in [-0.05, 0) is 55.8 Å². The number of hydrogen-bond donors (Lipinski definition) is 2. The summed E-state index contributed by atoms with van der Waals surface area (Å²) < 4.78 is 22.9. The first-order chi connectivity index (χ1) is 20.5. The number of nitrogens with one attached hydrogen (secondary N) is 1. The molecule has 0 aliphatic heterocycles. The molecule has 0 aliphatic carbocycles. The van der Waals surface area contributed by atoms with E-state index in [0.717, 1.165) is 0 Å². The normalized spacial score (nSPS) is 10.9. The van der Waals surface area contributed by atoms with Gasteiger partial charge in [0.15, 0.2) is 11.6 Å². The summed E-state index contributed by atoms with van der Waals surface area (Å²) in [6, 6.07) is 11.2. The molecule has 0 unspecified atom stereocenters. The van der Waals surface area contributed by atoms with Crippen LogP contribution in [0.15, 0.2) is 67.1 Å². The Hall–Kier alpha value is -5.65. The molecule has 218 valence electrons. The summed E-state index contributed by atoms with van der Waals surface area (Å²) in [5.41, 5.74) is 10.5. The maximum atomic E-state index is 15.6. The lowest BCUT2D eigenvalue weighted by atomic mass is 9.94. The number of nitrogen functional groups attached to an aromatic ring is 1. The Bertz CT molecular complexity index is 1930. The fraction of sp³-hybridized carbons (Fsp3) is 0.161. The highest BCUT2D eigenvalue weighted by Gasteiger charge is 2.27. The van der Waals surface area contributed by atoms with Crippen molar-refractivity contribution >= 4 is 34.4 Å². The van der Waals surface area contributed by atoms with Gasteiger partial charge in [0.2, 0.25) is 0 Å². The molecule has 12 heteroatoms. The van der Waals surface area contributed by atoms with E-state index in [-0.39, 0.29) is 29.4 Å². The molecular weight excluding hydrogens is 551 g/mol. The molecule has 2 aromatic carbocycles. The van der Waals surface area contributed by atoms with E-state index in [2.05, 4.69) is 31.8 Å². The van der Waals surface area contributed by atoms with Crippen LogP contribution in [0.2, 0.25) is 0 Å². The third-order valence-electron chi connectivity index (χ3n) is 6.75. The molecule has 2 amide bonds. The summed E-state index contributed by atoms with van der Waals surface area (Å²) in [4.78, 5) is 44.1. The molecule has 0 spiro atoms. The second kappa shape index (κ2) is 11.3.